The Morgan fingerprint density at radius 3 is 2.32 bits per heavy atom. The molecule has 0 bridgehead atoms. The van der Waals surface area contributed by atoms with Gasteiger partial charge in [-0.1, -0.05) is 30.3 Å². The Hall–Kier alpha value is -1.84. The molecular formula is C15H18O4. The van der Waals surface area contributed by atoms with Gasteiger partial charge in [-0.15, -0.1) is 0 Å². The minimum Gasteiger partial charge on any atom is -0.481 e. The summed E-state index contributed by atoms with van der Waals surface area (Å²) < 4.78 is 5.59. The van der Waals surface area contributed by atoms with Crippen molar-refractivity contribution in [2.75, 3.05) is 0 Å². The van der Waals surface area contributed by atoms with Gasteiger partial charge in [0.25, 0.3) is 0 Å². The van der Waals surface area contributed by atoms with Gasteiger partial charge >= 0.3 is 11.9 Å². The molecule has 4 nitrogen and oxygen atoms in total. The summed E-state index contributed by atoms with van der Waals surface area (Å²) >= 11 is 0. The monoisotopic (exact) mass is 262 g/mol. The first-order valence-corrected chi connectivity index (χ1v) is 6.56. The Balaban J connectivity index is 2.22. The average Bonchev–Trinajstić information content (AvgIpc) is 2.88. The van der Waals surface area contributed by atoms with Crippen molar-refractivity contribution in [3.8, 4) is 0 Å². The minimum absolute atomic E-state index is 0.637. The van der Waals surface area contributed by atoms with Crippen LogP contribution < -0.4 is 0 Å². The van der Waals surface area contributed by atoms with Gasteiger partial charge in [0.15, 0.2) is 5.92 Å². The van der Waals surface area contributed by atoms with Gasteiger partial charge in [-0.05, 0) is 38.2 Å². The number of esters is 1. The number of carboxylic acids is 1. The lowest BCUT2D eigenvalue weighted by atomic mass is 9.91. The van der Waals surface area contributed by atoms with Crippen LogP contribution in [0.1, 0.15) is 38.2 Å². The molecule has 0 amide bonds. The zero-order valence-electron chi connectivity index (χ0n) is 11.0. The average molecular weight is 262 g/mol. The summed E-state index contributed by atoms with van der Waals surface area (Å²) in [7, 11) is 0. The number of hydrogen-bond donors (Lipinski definition) is 1. The van der Waals surface area contributed by atoms with Crippen molar-refractivity contribution in [3.05, 3.63) is 35.9 Å². The van der Waals surface area contributed by atoms with Gasteiger partial charge in [-0.25, -0.2) is 0 Å². The Kier molecular flexibility index (Phi) is 3.88. The molecule has 1 aromatic rings. The van der Waals surface area contributed by atoms with E-state index in [-0.39, 0.29) is 0 Å². The Labute approximate surface area is 112 Å². The molecule has 0 saturated heterocycles. The third kappa shape index (κ3) is 2.78. The zero-order valence-corrected chi connectivity index (χ0v) is 11.0. The van der Waals surface area contributed by atoms with Crippen molar-refractivity contribution in [1.82, 2.24) is 0 Å². The van der Waals surface area contributed by atoms with Crippen molar-refractivity contribution in [2.24, 2.45) is 5.92 Å². The van der Waals surface area contributed by atoms with Gasteiger partial charge in [-0.3, -0.25) is 9.59 Å². The molecule has 2 rings (SSSR count). The standard InChI is InChI=1S/C15H18O4/c1-11(13(16)17)14(18)19-15(9-5-6-10-15)12-7-3-2-4-8-12/h2-4,7-8,11H,5-6,9-10H2,1H3,(H,16,17). The third-order valence-electron chi connectivity index (χ3n) is 3.73. The van der Waals surface area contributed by atoms with E-state index in [1.165, 1.54) is 6.92 Å². The fourth-order valence-electron chi connectivity index (χ4n) is 2.52. The summed E-state index contributed by atoms with van der Waals surface area (Å²) in [5.41, 5.74) is 0.320. The van der Waals surface area contributed by atoms with Gasteiger partial charge in [-0.2, -0.15) is 0 Å². The topological polar surface area (TPSA) is 63.6 Å². The molecule has 1 saturated carbocycles. The highest BCUT2D eigenvalue weighted by Crippen LogP contribution is 2.42. The quantitative estimate of drug-likeness (QED) is 0.669. The number of rotatable bonds is 4. The van der Waals surface area contributed by atoms with Crippen molar-refractivity contribution in [1.29, 1.82) is 0 Å². The maximum Gasteiger partial charge on any atom is 0.320 e. The summed E-state index contributed by atoms with van der Waals surface area (Å²) in [5.74, 6) is -2.93. The van der Waals surface area contributed by atoms with E-state index in [0.717, 1.165) is 31.2 Å². The van der Waals surface area contributed by atoms with E-state index in [9.17, 15) is 9.59 Å². The number of carbonyl (C=O) groups is 2. The highest BCUT2D eigenvalue weighted by atomic mass is 16.6. The number of ether oxygens (including phenoxy) is 1. The smallest absolute Gasteiger partial charge is 0.320 e. The van der Waals surface area contributed by atoms with Gasteiger partial charge in [0.05, 0.1) is 0 Å². The molecule has 1 aromatic carbocycles. The van der Waals surface area contributed by atoms with Crippen molar-refractivity contribution in [3.63, 3.8) is 0 Å². The predicted molar refractivity (Wildman–Crippen MR) is 69.5 cm³/mol. The first kappa shape index (κ1) is 13.6. The summed E-state index contributed by atoms with van der Waals surface area (Å²) in [5, 5.41) is 8.88. The minimum atomic E-state index is -1.15. The van der Waals surface area contributed by atoms with Crippen LogP contribution in [0.5, 0.6) is 0 Å². The molecule has 102 valence electrons. The lowest BCUT2D eigenvalue weighted by Gasteiger charge is -2.30. The molecule has 1 aliphatic rings. The van der Waals surface area contributed by atoms with Crippen LogP contribution in [0.2, 0.25) is 0 Å². The number of carbonyl (C=O) groups excluding carboxylic acids is 1. The van der Waals surface area contributed by atoms with Crippen molar-refractivity contribution >= 4 is 11.9 Å². The van der Waals surface area contributed by atoms with Gasteiger partial charge < -0.3 is 9.84 Å². The number of hydrogen-bond acceptors (Lipinski definition) is 3. The van der Waals surface area contributed by atoms with Crippen LogP contribution in [0.25, 0.3) is 0 Å². The lowest BCUT2D eigenvalue weighted by Crippen LogP contribution is -2.34. The van der Waals surface area contributed by atoms with E-state index < -0.39 is 23.5 Å². The van der Waals surface area contributed by atoms with Crippen molar-refractivity contribution in [2.45, 2.75) is 38.2 Å². The van der Waals surface area contributed by atoms with E-state index in [4.69, 9.17) is 9.84 Å². The number of aliphatic carboxylic acids is 1. The lowest BCUT2D eigenvalue weighted by molar-refractivity contribution is -0.170. The van der Waals surface area contributed by atoms with E-state index in [1.54, 1.807) is 0 Å². The molecule has 0 spiro atoms. The fourth-order valence-corrected chi connectivity index (χ4v) is 2.52. The van der Waals surface area contributed by atoms with Gasteiger partial charge in [0.1, 0.15) is 5.60 Å². The van der Waals surface area contributed by atoms with E-state index in [0.29, 0.717) is 0 Å². The molecule has 0 aliphatic heterocycles. The van der Waals surface area contributed by atoms with Gasteiger partial charge in [0.2, 0.25) is 0 Å². The van der Waals surface area contributed by atoms with Crippen LogP contribution in [0, 0.1) is 5.92 Å². The summed E-state index contributed by atoms with van der Waals surface area (Å²) in [6.07, 6.45) is 3.50. The SMILES string of the molecule is CC(C(=O)O)C(=O)OC1(c2ccccc2)CCCC1. The highest BCUT2D eigenvalue weighted by Gasteiger charge is 2.41. The van der Waals surface area contributed by atoms with Crippen LogP contribution in [0.3, 0.4) is 0 Å². The second-order valence-corrected chi connectivity index (χ2v) is 5.05. The molecule has 19 heavy (non-hydrogen) atoms. The largest absolute Gasteiger partial charge is 0.481 e. The fraction of sp³-hybridized carbons (Fsp3) is 0.467. The highest BCUT2D eigenvalue weighted by molar-refractivity contribution is 5.93. The second kappa shape index (κ2) is 5.43. The maximum absolute atomic E-state index is 11.9. The molecule has 1 N–H and O–H groups in total. The molecule has 0 aromatic heterocycles. The first-order valence-electron chi connectivity index (χ1n) is 6.56. The van der Waals surface area contributed by atoms with Gasteiger partial charge in [0, 0.05) is 0 Å². The van der Waals surface area contributed by atoms with Crippen LogP contribution in [0.4, 0.5) is 0 Å². The van der Waals surface area contributed by atoms with E-state index >= 15 is 0 Å². The summed E-state index contributed by atoms with van der Waals surface area (Å²) in [4.78, 5) is 22.8. The van der Waals surface area contributed by atoms with Crippen LogP contribution in [-0.2, 0) is 19.9 Å². The molecule has 0 heterocycles. The molecule has 4 heteroatoms. The van der Waals surface area contributed by atoms with E-state index in [2.05, 4.69) is 0 Å². The Morgan fingerprint density at radius 2 is 1.79 bits per heavy atom. The third-order valence-corrected chi connectivity index (χ3v) is 3.73. The maximum atomic E-state index is 11.9. The van der Waals surface area contributed by atoms with E-state index in [1.807, 2.05) is 30.3 Å². The molecule has 0 radical (unpaired) electrons. The van der Waals surface area contributed by atoms with Crippen LogP contribution >= 0.6 is 0 Å². The first-order chi connectivity index (χ1) is 9.05. The predicted octanol–water partition coefficient (Wildman–Crippen LogP) is 2.72. The van der Waals surface area contributed by atoms with Crippen LogP contribution in [-0.4, -0.2) is 17.0 Å². The number of benzene rings is 1. The second-order valence-electron chi connectivity index (χ2n) is 5.05. The molecule has 1 unspecified atom stereocenters. The summed E-state index contributed by atoms with van der Waals surface area (Å²) in [6, 6.07) is 9.59. The number of carboxylic acid groups (broad SMARTS) is 1. The Bertz CT molecular complexity index is 460. The summed E-state index contributed by atoms with van der Waals surface area (Å²) in [6.45, 7) is 1.36. The van der Waals surface area contributed by atoms with Crippen LogP contribution in [0.15, 0.2) is 30.3 Å². The molecule has 1 aliphatic carbocycles. The Morgan fingerprint density at radius 1 is 1.21 bits per heavy atom. The molecule has 1 fully saturated rings. The van der Waals surface area contributed by atoms with Crippen molar-refractivity contribution < 1.29 is 19.4 Å². The normalized spacial score (nSPS) is 18.8. The zero-order chi connectivity index (χ0) is 13.9. The molecular weight excluding hydrogens is 244 g/mol. The molecule has 1 atom stereocenters.